The molecule has 0 saturated carbocycles. The topological polar surface area (TPSA) is 64.7 Å². The number of rotatable bonds is 6. The summed E-state index contributed by atoms with van der Waals surface area (Å²) in [4.78, 5) is 0. The van der Waals surface area contributed by atoms with E-state index in [0.717, 1.165) is 0 Å². The zero-order valence-electron chi connectivity index (χ0n) is 8.75. The standard InChI is InChI=1S/C9H21NO3/c1-9(2,3)13-5-4-12-7-8(11)6-10/h8,11H,4-7,10H2,1-3H3. The second-order valence-electron chi connectivity index (χ2n) is 3.93. The van der Waals surface area contributed by atoms with Crippen LogP contribution >= 0.6 is 0 Å². The average molecular weight is 191 g/mol. The summed E-state index contributed by atoms with van der Waals surface area (Å²) in [6.07, 6.45) is -0.561. The van der Waals surface area contributed by atoms with Gasteiger partial charge in [-0.1, -0.05) is 0 Å². The molecule has 0 aromatic heterocycles. The summed E-state index contributed by atoms with van der Waals surface area (Å²) in [5.74, 6) is 0. The zero-order valence-corrected chi connectivity index (χ0v) is 8.75. The van der Waals surface area contributed by atoms with Crippen LogP contribution in [0.3, 0.4) is 0 Å². The molecule has 4 heteroatoms. The molecule has 0 aliphatic heterocycles. The molecular weight excluding hydrogens is 170 g/mol. The van der Waals surface area contributed by atoms with E-state index in [9.17, 15) is 0 Å². The van der Waals surface area contributed by atoms with Crippen molar-refractivity contribution in [1.82, 2.24) is 0 Å². The quantitative estimate of drug-likeness (QED) is 0.586. The van der Waals surface area contributed by atoms with Crippen LogP contribution in [0.25, 0.3) is 0 Å². The maximum absolute atomic E-state index is 9.03. The summed E-state index contributed by atoms with van der Waals surface area (Å²) in [6, 6.07) is 0. The van der Waals surface area contributed by atoms with Crippen molar-refractivity contribution < 1.29 is 14.6 Å². The minimum absolute atomic E-state index is 0.129. The van der Waals surface area contributed by atoms with Gasteiger partial charge in [-0.05, 0) is 20.8 Å². The number of hydrogen-bond donors (Lipinski definition) is 2. The van der Waals surface area contributed by atoms with Crippen LogP contribution in [0.5, 0.6) is 0 Å². The molecule has 13 heavy (non-hydrogen) atoms. The van der Waals surface area contributed by atoms with E-state index in [2.05, 4.69) is 0 Å². The number of aliphatic hydroxyl groups excluding tert-OH is 1. The predicted molar refractivity (Wildman–Crippen MR) is 51.6 cm³/mol. The van der Waals surface area contributed by atoms with E-state index in [1.165, 1.54) is 0 Å². The van der Waals surface area contributed by atoms with Crippen LogP contribution in [-0.2, 0) is 9.47 Å². The third kappa shape index (κ3) is 9.76. The van der Waals surface area contributed by atoms with Gasteiger partial charge in [0.05, 0.1) is 31.5 Å². The van der Waals surface area contributed by atoms with Crippen LogP contribution in [0.4, 0.5) is 0 Å². The Bertz CT molecular complexity index is 123. The number of hydrogen-bond acceptors (Lipinski definition) is 4. The van der Waals surface area contributed by atoms with Crippen LogP contribution in [0, 0.1) is 0 Å². The minimum Gasteiger partial charge on any atom is -0.389 e. The van der Waals surface area contributed by atoms with Crippen LogP contribution in [0.1, 0.15) is 20.8 Å². The largest absolute Gasteiger partial charge is 0.389 e. The molecule has 80 valence electrons. The van der Waals surface area contributed by atoms with Crippen molar-refractivity contribution >= 4 is 0 Å². The lowest BCUT2D eigenvalue weighted by molar-refractivity contribution is -0.0463. The first kappa shape index (κ1) is 12.8. The number of aliphatic hydroxyl groups is 1. The Balaban J connectivity index is 3.18. The summed E-state index contributed by atoms with van der Waals surface area (Å²) >= 11 is 0. The average Bonchev–Trinajstić information content (AvgIpc) is 2.01. The molecule has 3 N–H and O–H groups in total. The normalized spacial score (nSPS) is 14.5. The smallest absolute Gasteiger partial charge is 0.0895 e. The summed E-state index contributed by atoms with van der Waals surface area (Å²) in [5, 5.41) is 9.03. The molecule has 0 saturated heterocycles. The van der Waals surface area contributed by atoms with Crippen molar-refractivity contribution in [3.63, 3.8) is 0 Å². The molecular formula is C9H21NO3. The zero-order chi connectivity index (χ0) is 10.3. The fraction of sp³-hybridized carbons (Fsp3) is 1.00. The van der Waals surface area contributed by atoms with E-state index < -0.39 is 6.10 Å². The van der Waals surface area contributed by atoms with Gasteiger partial charge in [-0.2, -0.15) is 0 Å². The van der Waals surface area contributed by atoms with Gasteiger partial charge in [-0.15, -0.1) is 0 Å². The van der Waals surface area contributed by atoms with Gasteiger partial charge in [0, 0.05) is 6.54 Å². The Hall–Kier alpha value is -0.160. The van der Waals surface area contributed by atoms with E-state index in [4.69, 9.17) is 20.3 Å². The molecule has 0 rings (SSSR count). The summed E-state index contributed by atoms with van der Waals surface area (Å²) in [7, 11) is 0. The van der Waals surface area contributed by atoms with E-state index in [1.807, 2.05) is 20.8 Å². The van der Waals surface area contributed by atoms with Gasteiger partial charge in [0.1, 0.15) is 0 Å². The Morgan fingerprint density at radius 1 is 1.31 bits per heavy atom. The van der Waals surface area contributed by atoms with Crippen LogP contribution in [0.2, 0.25) is 0 Å². The third-order valence-electron chi connectivity index (χ3n) is 1.35. The molecule has 0 amide bonds. The molecule has 0 heterocycles. The lowest BCUT2D eigenvalue weighted by atomic mass is 10.2. The van der Waals surface area contributed by atoms with E-state index in [-0.39, 0.29) is 18.8 Å². The van der Waals surface area contributed by atoms with Crippen molar-refractivity contribution in [1.29, 1.82) is 0 Å². The van der Waals surface area contributed by atoms with Crippen molar-refractivity contribution in [2.45, 2.75) is 32.5 Å². The van der Waals surface area contributed by atoms with Crippen molar-refractivity contribution in [2.24, 2.45) is 5.73 Å². The molecule has 0 bridgehead atoms. The maximum Gasteiger partial charge on any atom is 0.0895 e. The van der Waals surface area contributed by atoms with Gasteiger partial charge in [0.2, 0.25) is 0 Å². The first-order valence-corrected chi connectivity index (χ1v) is 4.55. The second-order valence-corrected chi connectivity index (χ2v) is 3.93. The number of nitrogens with two attached hydrogens (primary N) is 1. The third-order valence-corrected chi connectivity index (χ3v) is 1.35. The summed E-state index contributed by atoms with van der Waals surface area (Å²) < 4.78 is 10.5. The highest BCUT2D eigenvalue weighted by Gasteiger charge is 2.09. The highest BCUT2D eigenvalue weighted by molar-refractivity contribution is 4.58. The molecule has 0 aromatic rings. The summed E-state index contributed by atoms with van der Waals surface area (Å²) in [6.45, 7) is 7.52. The van der Waals surface area contributed by atoms with Crippen molar-refractivity contribution in [3.05, 3.63) is 0 Å². The van der Waals surface area contributed by atoms with Crippen LogP contribution in [-0.4, -0.2) is 43.2 Å². The fourth-order valence-electron chi connectivity index (χ4n) is 0.694. The second kappa shape index (κ2) is 6.32. The highest BCUT2D eigenvalue weighted by Crippen LogP contribution is 2.05. The van der Waals surface area contributed by atoms with Gasteiger partial charge in [0.15, 0.2) is 0 Å². The fourth-order valence-corrected chi connectivity index (χ4v) is 0.694. The van der Waals surface area contributed by atoms with E-state index >= 15 is 0 Å². The molecule has 0 aliphatic rings. The van der Waals surface area contributed by atoms with Crippen LogP contribution < -0.4 is 5.73 Å². The maximum atomic E-state index is 9.03. The minimum atomic E-state index is -0.561. The van der Waals surface area contributed by atoms with Gasteiger partial charge >= 0.3 is 0 Å². The molecule has 1 unspecified atom stereocenters. The Labute approximate surface area is 80.0 Å². The van der Waals surface area contributed by atoms with E-state index in [1.54, 1.807) is 0 Å². The molecule has 0 aromatic carbocycles. The Morgan fingerprint density at radius 3 is 2.38 bits per heavy atom. The van der Waals surface area contributed by atoms with Crippen LogP contribution in [0.15, 0.2) is 0 Å². The van der Waals surface area contributed by atoms with Crippen molar-refractivity contribution in [2.75, 3.05) is 26.4 Å². The monoisotopic (exact) mass is 191 g/mol. The molecule has 4 nitrogen and oxygen atoms in total. The first-order chi connectivity index (χ1) is 5.95. The number of ether oxygens (including phenoxy) is 2. The molecule has 0 fully saturated rings. The van der Waals surface area contributed by atoms with Crippen molar-refractivity contribution in [3.8, 4) is 0 Å². The van der Waals surface area contributed by atoms with Gasteiger partial charge < -0.3 is 20.3 Å². The highest BCUT2D eigenvalue weighted by atomic mass is 16.5. The summed E-state index contributed by atoms with van der Waals surface area (Å²) in [5.41, 5.74) is 5.07. The van der Waals surface area contributed by atoms with E-state index in [0.29, 0.717) is 13.2 Å². The van der Waals surface area contributed by atoms with Gasteiger partial charge in [0.25, 0.3) is 0 Å². The Kier molecular flexibility index (Phi) is 6.24. The van der Waals surface area contributed by atoms with Gasteiger partial charge in [-0.3, -0.25) is 0 Å². The lowest BCUT2D eigenvalue weighted by Gasteiger charge is -2.19. The molecule has 0 aliphatic carbocycles. The molecule has 1 atom stereocenters. The Morgan fingerprint density at radius 2 is 1.92 bits per heavy atom. The first-order valence-electron chi connectivity index (χ1n) is 4.55. The SMILES string of the molecule is CC(C)(C)OCCOCC(O)CN. The van der Waals surface area contributed by atoms with Gasteiger partial charge in [-0.25, -0.2) is 0 Å². The molecule has 0 radical (unpaired) electrons. The molecule has 0 spiro atoms. The predicted octanol–water partition coefficient (Wildman–Crippen LogP) is 0.138. The lowest BCUT2D eigenvalue weighted by Crippen LogP contribution is -2.27.